The average molecular weight is 268 g/mol. The normalized spacial score (nSPS) is 16.1. The molecule has 0 radical (unpaired) electrons. The summed E-state index contributed by atoms with van der Waals surface area (Å²) < 4.78 is 6.18. The van der Waals surface area contributed by atoms with Crippen molar-refractivity contribution in [3.63, 3.8) is 0 Å². The van der Waals surface area contributed by atoms with Crippen molar-refractivity contribution in [3.8, 4) is 16.9 Å². The second kappa shape index (κ2) is 5.55. The molecule has 0 fully saturated rings. The summed E-state index contributed by atoms with van der Waals surface area (Å²) in [7, 11) is 1.98. The number of hydrogen-bond acceptors (Lipinski definition) is 3. The third-order valence-corrected chi connectivity index (χ3v) is 3.76. The van der Waals surface area contributed by atoms with Crippen molar-refractivity contribution in [1.82, 2.24) is 5.32 Å². The molecule has 0 bridgehead atoms. The van der Waals surface area contributed by atoms with Gasteiger partial charge in [-0.15, -0.1) is 0 Å². The van der Waals surface area contributed by atoms with Crippen LogP contribution >= 0.6 is 0 Å². The van der Waals surface area contributed by atoms with Gasteiger partial charge in [0, 0.05) is 16.8 Å². The van der Waals surface area contributed by atoms with Gasteiger partial charge in [-0.1, -0.05) is 24.3 Å². The van der Waals surface area contributed by atoms with E-state index in [-0.39, 0.29) is 6.10 Å². The van der Waals surface area contributed by atoms with Crippen molar-refractivity contribution >= 4 is 5.69 Å². The number of nitrogen functional groups attached to an aromatic ring is 1. The predicted molar refractivity (Wildman–Crippen MR) is 82.8 cm³/mol. The van der Waals surface area contributed by atoms with Gasteiger partial charge in [0.15, 0.2) is 0 Å². The van der Waals surface area contributed by atoms with Crippen molar-refractivity contribution in [1.29, 1.82) is 0 Å². The highest BCUT2D eigenvalue weighted by molar-refractivity contribution is 5.77. The topological polar surface area (TPSA) is 47.3 Å². The van der Waals surface area contributed by atoms with Crippen LogP contribution in [0.1, 0.15) is 24.5 Å². The summed E-state index contributed by atoms with van der Waals surface area (Å²) in [5.41, 5.74) is 10.4. The van der Waals surface area contributed by atoms with Gasteiger partial charge in [-0.05, 0) is 50.2 Å². The van der Waals surface area contributed by atoms with Crippen LogP contribution in [0.2, 0.25) is 0 Å². The molecule has 20 heavy (non-hydrogen) atoms. The third kappa shape index (κ3) is 2.37. The van der Waals surface area contributed by atoms with Gasteiger partial charge in [-0.3, -0.25) is 0 Å². The van der Waals surface area contributed by atoms with E-state index in [1.165, 1.54) is 11.1 Å². The Morgan fingerprint density at radius 1 is 1.15 bits per heavy atom. The van der Waals surface area contributed by atoms with E-state index >= 15 is 0 Å². The van der Waals surface area contributed by atoms with Gasteiger partial charge in [0.2, 0.25) is 0 Å². The Labute approximate surface area is 119 Å². The zero-order valence-electron chi connectivity index (χ0n) is 11.7. The zero-order chi connectivity index (χ0) is 13.9. The molecule has 1 unspecified atom stereocenters. The molecule has 0 spiro atoms. The van der Waals surface area contributed by atoms with Gasteiger partial charge in [0.05, 0.1) is 0 Å². The van der Waals surface area contributed by atoms with Crippen LogP contribution < -0.4 is 15.8 Å². The number of nitrogens with one attached hydrogen (secondary N) is 1. The van der Waals surface area contributed by atoms with Crippen LogP contribution in [0, 0.1) is 0 Å². The second-order valence-corrected chi connectivity index (χ2v) is 5.20. The minimum absolute atomic E-state index is 0.0942. The molecule has 0 saturated carbocycles. The minimum Gasteiger partial charge on any atom is -0.485 e. The highest BCUT2D eigenvalue weighted by Crippen LogP contribution is 2.44. The molecule has 3 N–H and O–H groups in total. The van der Waals surface area contributed by atoms with Crippen LogP contribution in [0.5, 0.6) is 5.75 Å². The molecule has 0 amide bonds. The van der Waals surface area contributed by atoms with Crippen LogP contribution in [-0.2, 0) is 0 Å². The standard InChI is InChI=1S/C17H20N2O/c1-19-10-4-7-17-15-11-12(18)8-9-13(15)14-5-2-3-6-16(14)20-17/h2-3,5-6,8-9,11,17,19H,4,7,10,18H2,1H3. The number of benzene rings is 2. The first-order chi connectivity index (χ1) is 9.79. The van der Waals surface area contributed by atoms with Crippen LogP contribution in [-0.4, -0.2) is 13.6 Å². The molecule has 1 heterocycles. The molecule has 2 aromatic rings. The van der Waals surface area contributed by atoms with Crippen LogP contribution in [0.3, 0.4) is 0 Å². The van der Waals surface area contributed by atoms with Crippen LogP contribution in [0.4, 0.5) is 5.69 Å². The van der Waals surface area contributed by atoms with E-state index in [1.54, 1.807) is 0 Å². The Bertz CT molecular complexity index is 610. The van der Waals surface area contributed by atoms with Gasteiger partial charge < -0.3 is 15.8 Å². The maximum atomic E-state index is 6.18. The lowest BCUT2D eigenvalue weighted by molar-refractivity contribution is 0.188. The molecule has 2 aromatic carbocycles. The molecule has 0 aromatic heterocycles. The quantitative estimate of drug-likeness (QED) is 0.660. The molecular formula is C17H20N2O. The molecule has 0 aliphatic carbocycles. The fourth-order valence-electron chi connectivity index (χ4n) is 2.78. The van der Waals surface area contributed by atoms with Gasteiger partial charge in [0.1, 0.15) is 11.9 Å². The summed E-state index contributed by atoms with van der Waals surface area (Å²) in [5.74, 6) is 0.972. The largest absolute Gasteiger partial charge is 0.485 e. The summed E-state index contributed by atoms with van der Waals surface area (Å²) in [4.78, 5) is 0. The van der Waals surface area contributed by atoms with E-state index in [0.717, 1.165) is 36.4 Å². The Hall–Kier alpha value is -2.00. The summed E-state index contributed by atoms with van der Waals surface area (Å²) in [5, 5.41) is 3.18. The fourth-order valence-corrected chi connectivity index (χ4v) is 2.78. The molecule has 1 atom stereocenters. The maximum absolute atomic E-state index is 6.18. The first-order valence-electron chi connectivity index (χ1n) is 7.09. The van der Waals surface area contributed by atoms with Crippen molar-refractivity contribution in [2.45, 2.75) is 18.9 Å². The number of ether oxygens (including phenoxy) is 1. The lowest BCUT2D eigenvalue weighted by Crippen LogP contribution is -2.17. The number of para-hydroxylation sites is 1. The molecule has 104 valence electrons. The van der Waals surface area contributed by atoms with E-state index < -0.39 is 0 Å². The lowest BCUT2D eigenvalue weighted by atomic mass is 9.90. The molecule has 3 rings (SSSR count). The summed E-state index contributed by atoms with van der Waals surface area (Å²) in [6, 6.07) is 14.3. The predicted octanol–water partition coefficient (Wildman–Crippen LogP) is 3.37. The van der Waals surface area contributed by atoms with Gasteiger partial charge in [0.25, 0.3) is 0 Å². The molecule has 3 nitrogen and oxygen atoms in total. The van der Waals surface area contributed by atoms with Gasteiger partial charge in [-0.2, -0.15) is 0 Å². The van der Waals surface area contributed by atoms with E-state index in [4.69, 9.17) is 10.5 Å². The Balaban J connectivity index is 1.99. The van der Waals surface area contributed by atoms with Crippen LogP contribution in [0.15, 0.2) is 42.5 Å². The number of anilines is 1. The van der Waals surface area contributed by atoms with E-state index in [0.29, 0.717) is 0 Å². The lowest BCUT2D eigenvalue weighted by Gasteiger charge is -2.29. The Morgan fingerprint density at radius 3 is 2.85 bits per heavy atom. The molecule has 3 heteroatoms. The number of nitrogens with two attached hydrogens (primary N) is 1. The summed E-state index contributed by atoms with van der Waals surface area (Å²) in [6.07, 6.45) is 2.17. The fraction of sp³-hybridized carbons (Fsp3) is 0.294. The maximum Gasteiger partial charge on any atom is 0.128 e. The zero-order valence-corrected chi connectivity index (χ0v) is 11.7. The van der Waals surface area contributed by atoms with Crippen molar-refractivity contribution < 1.29 is 4.74 Å². The van der Waals surface area contributed by atoms with Crippen molar-refractivity contribution in [2.24, 2.45) is 0 Å². The minimum atomic E-state index is 0.0942. The molecule has 0 saturated heterocycles. The third-order valence-electron chi connectivity index (χ3n) is 3.76. The van der Waals surface area contributed by atoms with Crippen molar-refractivity contribution in [2.75, 3.05) is 19.3 Å². The number of rotatable bonds is 4. The Kier molecular flexibility index (Phi) is 3.61. The van der Waals surface area contributed by atoms with Gasteiger partial charge >= 0.3 is 0 Å². The summed E-state index contributed by atoms with van der Waals surface area (Å²) >= 11 is 0. The van der Waals surface area contributed by atoms with E-state index in [2.05, 4.69) is 23.5 Å². The molecular weight excluding hydrogens is 248 g/mol. The molecule has 1 aliphatic rings. The van der Waals surface area contributed by atoms with Gasteiger partial charge in [-0.25, -0.2) is 0 Å². The second-order valence-electron chi connectivity index (χ2n) is 5.20. The first kappa shape index (κ1) is 13.0. The van der Waals surface area contributed by atoms with Crippen LogP contribution in [0.25, 0.3) is 11.1 Å². The highest BCUT2D eigenvalue weighted by Gasteiger charge is 2.25. The smallest absolute Gasteiger partial charge is 0.128 e. The van der Waals surface area contributed by atoms with E-state index in [9.17, 15) is 0 Å². The SMILES string of the molecule is CNCCCC1Oc2ccccc2-c2ccc(N)cc21. The highest BCUT2D eigenvalue weighted by atomic mass is 16.5. The number of hydrogen-bond donors (Lipinski definition) is 2. The van der Waals surface area contributed by atoms with E-state index in [1.807, 2.05) is 31.3 Å². The Morgan fingerprint density at radius 2 is 2.00 bits per heavy atom. The first-order valence-corrected chi connectivity index (χ1v) is 7.09. The summed E-state index contributed by atoms with van der Waals surface area (Å²) in [6.45, 7) is 0.999. The number of fused-ring (bicyclic) bond motifs is 3. The van der Waals surface area contributed by atoms with Crippen molar-refractivity contribution in [3.05, 3.63) is 48.0 Å². The average Bonchev–Trinajstić information content (AvgIpc) is 2.47. The molecule has 1 aliphatic heterocycles. The monoisotopic (exact) mass is 268 g/mol.